The molecule has 37 heavy (non-hydrogen) atoms. The van der Waals surface area contributed by atoms with Gasteiger partial charge < -0.3 is 19.7 Å². The molecule has 1 aromatic heterocycles. The number of nitriles is 1. The normalized spacial score (nSPS) is 17.2. The van der Waals surface area contributed by atoms with E-state index in [1.807, 2.05) is 49.4 Å². The number of hydrogen-bond donors (Lipinski definition) is 1. The molecule has 1 aliphatic heterocycles. The van der Waals surface area contributed by atoms with Crippen LogP contribution in [0.5, 0.6) is 5.75 Å². The molecule has 1 unspecified atom stereocenters. The molecular formula is C29H27N5O3. The number of carbonyl (C=O) groups excluding carboxylic acids is 2. The monoisotopic (exact) mass is 493 g/mol. The number of rotatable bonds is 6. The number of benzene rings is 2. The van der Waals surface area contributed by atoms with Gasteiger partial charge in [0.25, 0.3) is 5.91 Å². The first kappa shape index (κ1) is 24.2. The fourth-order valence-corrected chi connectivity index (χ4v) is 4.93. The Bertz CT molecular complexity index is 1400. The number of aromatic nitrogens is 2. The van der Waals surface area contributed by atoms with Gasteiger partial charge in [0.15, 0.2) is 11.5 Å². The minimum atomic E-state index is -0.506. The lowest BCUT2D eigenvalue weighted by Gasteiger charge is -2.33. The lowest BCUT2D eigenvalue weighted by atomic mass is 9.86. The largest absolute Gasteiger partial charge is 0.490 e. The van der Waals surface area contributed by atoms with Gasteiger partial charge in [-0.3, -0.25) is 4.79 Å². The van der Waals surface area contributed by atoms with E-state index in [1.165, 1.54) is 0 Å². The van der Waals surface area contributed by atoms with Gasteiger partial charge in [-0.25, -0.2) is 0 Å². The van der Waals surface area contributed by atoms with Gasteiger partial charge in [0.05, 0.1) is 17.6 Å². The highest BCUT2D eigenvalue weighted by molar-refractivity contribution is 5.94. The van der Waals surface area contributed by atoms with E-state index in [1.54, 1.807) is 18.2 Å². The molecular weight excluding hydrogens is 466 g/mol. The Kier molecular flexibility index (Phi) is 6.95. The van der Waals surface area contributed by atoms with Crippen molar-refractivity contribution in [1.29, 1.82) is 5.26 Å². The first-order valence-corrected chi connectivity index (χ1v) is 12.4. The summed E-state index contributed by atoms with van der Waals surface area (Å²) in [6.45, 7) is 3.41. The summed E-state index contributed by atoms with van der Waals surface area (Å²) in [5.74, 6) is 0.565. The van der Waals surface area contributed by atoms with E-state index in [4.69, 9.17) is 10.00 Å². The summed E-state index contributed by atoms with van der Waals surface area (Å²) in [5, 5.41) is 20.5. The highest BCUT2D eigenvalue weighted by atomic mass is 16.5. The number of fused-ring (bicyclic) bond motifs is 1. The minimum Gasteiger partial charge on any atom is -0.490 e. The van der Waals surface area contributed by atoms with Crippen LogP contribution in [-0.4, -0.2) is 41.6 Å². The van der Waals surface area contributed by atoms with E-state index in [2.05, 4.69) is 26.5 Å². The van der Waals surface area contributed by atoms with E-state index in [9.17, 15) is 9.59 Å². The van der Waals surface area contributed by atoms with Gasteiger partial charge in [0.2, 0.25) is 0 Å². The van der Waals surface area contributed by atoms with Crippen LogP contribution in [0, 0.1) is 18.3 Å². The lowest BCUT2D eigenvalue weighted by Crippen LogP contribution is -2.39. The second-order valence-electron chi connectivity index (χ2n) is 9.31. The van der Waals surface area contributed by atoms with Crippen molar-refractivity contribution in [2.24, 2.45) is 0 Å². The maximum absolute atomic E-state index is 13.0. The van der Waals surface area contributed by atoms with Gasteiger partial charge in [0, 0.05) is 31.6 Å². The second-order valence-corrected chi connectivity index (χ2v) is 9.31. The van der Waals surface area contributed by atoms with Crippen LogP contribution >= 0.6 is 0 Å². The van der Waals surface area contributed by atoms with E-state index >= 15 is 0 Å². The van der Waals surface area contributed by atoms with Crippen LogP contribution in [0.25, 0.3) is 0 Å². The van der Waals surface area contributed by atoms with Gasteiger partial charge in [0.1, 0.15) is 18.1 Å². The highest BCUT2D eigenvalue weighted by Gasteiger charge is 2.26. The topological polar surface area (TPSA) is 108 Å². The average Bonchev–Trinajstić information content (AvgIpc) is 2.93. The van der Waals surface area contributed by atoms with Crippen molar-refractivity contribution >= 4 is 18.0 Å². The summed E-state index contributed by atoms with van der Waals surface area (Å²) >= 11 is 0. The van der Waals surface area contributed by atoms with E-state index in [0.29, 0.717) is 23.4 Å². The smallest absolute Gasteiger partial charge is 0.275 e. The van der Waals surface area contributed by atoms with Crippen LogP contribution in [0.4, 0.5) is 5.82 Å². The highest BCUT2D eigenvalue weighted by Crippen LogP contribution is 2.30. The van der Waals surface area contributed by atoms with Crippen molar-refractivity contribution < 1.29 is 14.3 Å². The molecule has 0 spiro atoms. The summed E-state index contributed by atoms with van der Waals surface area (Å²) in [6, 6.07) is 18.8. The average molecular weight is 494 g/mol. The maximum atomic E-state index is 13.0. The molecule has 1 N–H and O–H groups in total. The van der Waals surface area contributed by atoms with E-state index in [-0.39, 0.29) is 17.7 Å². The number of aldehydes is 1. The van der Waals surface area contributed by atoms with Gasteiger partial charge in [-0.05, 0) is 54.3 Å². The Morgan fingerprint density at radius 3 is 2.70 bits per heavy atom. The number of nitrogens with zero attached hydrogens (tertiary/aromatic N) is 4. The van der Waals surface area contributed by atoms with Crippen molar-refractivity contribution in [1.82, 2.24) is 15.5 Å². The number of carbonyl (C=O) groups is 2. The maximum Gasteiger partial charge on any atom is 0.275 e. The summed E-state index contributed by atoms with van der Waals surface area (Å²) in [5.41, 5.74) is 4.22. The number of amides is 1. The van der Waals surface area contributed by atoms with Crippen LogP contribution in [-0.2, 0) is 11.2 Å². The molecule has 3 aromatic rings. The molecule has 0 saturated carbocycles. The fourth-order valence-electron chi connectivity index (χ4n) is 4.93. The fraction of sp³-hybridized carbons (Fsp3) is 0.276. The molecule has 8 nitrogen and oxygen atoms in total. The summed E-state index contributed by atoms with van der Waals surface area (Å²) in [7, 11) is 0. The number of hydrogen-bond acceptors (Lipinski definition) is 7. The molecule has 186 valence electrons. The first-order chi connectivity index (χ1) is 18.1. The molecule has 1 fully saturated rings. The molecule has 1 atom stereocenters. The molecule has 1 saturated heterocycles. The Morgan fingerprint density at radius 2 is 1.95 bits per heavy atom. The molecule has 1 aliphatic carbocycles. The first-order valence-electron chi connectivity index (χ1n) is 12.4. The molecule has 2 heterocycles. The van der Waals surface area contributed by atoms with Gasteiger partial charge in [-0.2, -0.15) is 5.26 Å². The van der Waals surface area contributed by atoms with Crippen LogP contribution < -0.4 is 15.0 Å². The third-order valence-corrected chi connectivity index (χ3v) is 6.86. The molecule has 0 bridgehead atoms. The number of allylic oxidation sites excluding steroid dienone is 2. The zero-order valence-electron chi connectivity index (χ0n) is 20.6. The molecule has 5 rings (SSSR count). The summed E-state index contributed by atoms with van der Waals surface area (Å²) in [4.78, 5) is 27.0. The lowest BCUT2D eigenvalue weighted by molar-refractivity contribution is -0.108. The molecule has 1 amide bonds. The zero-order valence-corrected chi connectivity index (χ0v) is 20.6. The van der Waals surface area contributed by atoms with Gasteiger partial charge in [-0.15, -0.1) is 10.2 Å². The second kappa shape index (κ2) is 10.6. The Balaban J connectivity index is 1.21. The van der Waals surface area contributed by atoms with Crippen LogP contribution in [0.15, 0.2) is 66.4 Å². The zero-order chi connectivity index (χ0) is 25.8. The van der Waals surface area contributed by atoms with Crippen molar-refractivity contribution in [2.45, 2.75) is 38.2 Å². The number of anilines is 1. The quantitative estimate of drug-likeness (QED) is 0.520. The number of ether oxygens (including phenoxy) is 1. The third-order valence-electron chi connectivity index (χ3n) is 6.86. The van der Waals surface area contributed by atoms with Crippen LogP contribution in [0.3, 0.4) is 0 Å². The SMILES string of the molecule is Cc1cc(C(=O)NC2=CCc3ccccc3C2C=O)nnc1N1CCC(Oc2cccc(C#N)c2)CC1. The predicted molar refractivity (Wildman–Crippen MR) is 138 cm³/mol. The third kappa shape index (κ3) is 5.21. The molecule has 8 heteroatoms. The number of aryl methyl sites for hydroxylation is 1. The summed E-state index contributed by atoms with van der Waals surface area (Å²) < 4.78 is 6.08. The van der Waals surface area contributed by atoms with Gasteiger partial charge in [-0.1, -0.05) is 36.4 Å². The summed E-state index contributed by atoms with van der Waals surface area (Å²) in [6.07, 6.45) is 5.08. The van der Waals surface area contributed by atoms with Crippen LogP contribution in [0.2, 0.25) is 0 Å². The minimum absolute atomic E-state index is 0.0585. The molecule has 0 radical (unpaired) electrons. The Morgan fingerprint density at radius 1 is 1.14 bits per heavy atom. The van der Waals surface area contributed by atoms with E-state index in [0.717, 1.165) is 54.7 Å². The van der Waals surface area contributed by atoms with Crippen molar-refractivity contribution in [3.8, 4) is 11.8 Å². The van der Waals surface area contributed by atoms with Crippen LogP contribution in [0.1, 0.15) is 51.5 Å². The predicted octanol–water partition coefficient (Wildman–Crippen LogP) is 3.86. The van der Waals surface area contributed by atoms with Crippen molar-refractivity contribution in [3.63, 3.8) is 0 Å². The standard InChI is InChI=1S/C29H27N5O3/c1-19-15-27(29(36)31-26-10-9-21-6-2-3-8-24(21)25(26)18-35)32-33-28(19)34-13-11-22(12-14-34)37-23-7-4-5-20(16-23)17-30/h2-8,10,15-16,18,22,25H,9,11-14H2,1H3,(H,31,36). The van der Waals surface area contributed by atoms with E-state index < -0.39 is 5.92 Å². The van der Waals surface area contributed by atoms with Gasteiger partial charge >= 0.3 is 0 Å². The Hall–Kier alpha value is -4.51. The molecule has 2 aliphatic rings. The van der Waals surface area contributed by atoms with Crippen molar-refractivity contribution in [3.05, 3.63) is 94.3 Å². The number of piperidine rings is 1. The van der Waals surface area contributed by atoms with Crippen molar-refractivity contribution in [2.75, 3.05) is 18.0 Å². The molecule has 2 aromatic carbocycles. The number of nitrogens with one attached hydrogen (secondary N) is 1. The Labute approximate surface area is 215 Å².